The highest BCUT2D eigenvalue weighted by Gasteiger charge is 2.28. The normalized spacial score (nSPS) is 20.5. The fourth-order valence-corrected chi connectivity index (χ4v) is 6.45. The number of amides is 2. The number of rotatable bonds is 9. The first-order chi connectivity index (χ1) is 13.0. The first-order valence-electron chi connectivity index (χ1n) is 9.98. The van der Waals surface area contributed by atoms with Gasteiger partial charge in [-0.1, -0.05) is 28.0 Å². The quantitative estimate of drug-likeness (QED) is 0.327. The fraction of sp³-hybridized carbons (Fsp3) is 0.842. The van der Waals surface area contributed by atoms with Crippen LogP contribution in [0.1, 0.15) is 51.9 Å². The molecule has 0 saturated carbocycles. The number of likely N-dealkylation sites (tertiary alicyclic amines) is 1. The average molecular weight is 417 g/mol. The van der Waals surface area contributed by atoms with Gasteiger partial charge in [-0.25, -0.2) is 0 Å². The summed E-state index contributed by atoms with van der Waals surface area (Å²) in [5, 5.41) is 0.752. The van der Waals surface area contributed by atoms with E-state index in [0.717, 1.165) is 18.1 Å². The van der Waals surface area contributed by atoms with Crippen LogP contribution >= 0.6 is 21.6 Å². The van der Waals surface area contributed by atoms with Gasteiger partial charge in [0.1, 0.15) is 0 Å². The van der Waals surface area contributed by atoms with Crippen molar-refractivity contribution in [3.05, 3.63) is 0 Å². The Morgan fingerprint density at radius 2 is 1.89 bits per heavy atom. The standard InChI is InChI=1S/C19H32N2O4S2/c1-3-25-19(24)15-8-11-21(12-9-15)18(23)14-20(2)17(22)7-5-4-6-16-10-13-26-27-16/h15-16H,3-14H2,1-2H3. The van der Waals surface area contributed by atoms with Gasteiger partial charge in [-0.2, -0.15) is 0 Å². The van der Waals surface area contributed by atoms with Crippen LogP contribution < -0.4 is 0 Å². The van der Waals surface area contributed by atoms with Crippen molar-refractivity contribution in [2.75, 3.05) is 39.0 Å². The molecule has 2 saturated heterocycles. The Morgan fingerprint density at radius 3 is 2.52 bits per heavy atom. The van der Waals surface area contributed by atoms with Gasteiger partial charge in [0.15, 0.2) is 0 Å². The topological polar surface area (TPSA) is 66.9 Å². The van der Waals surface area contributed by atoms with Gasteiger partial charge in [0, 0.05) is 37.6 Å². The zero-order chi connectivity index (χ0) is 19.6. The van der Waals surface area contributed by atoms with Crippen molar-refractivity contribution in [3.8, 4) is 0 Å². The third kappa shape index (κ3) is 7.56. The van der Waals surface area contributed by atoms with Crippen molar-refractivity contribution in [1.29, 1.82) is 0 Å². The maximum Gasteiger partial charge on any atom is 0.309 e. The van der Waals surface area contributed by atoms with Crippen molar-refractivity contribution in [2.24, 2.45) is 5.92 Å². The molecule has 1 unspecified atom stereocenters. The van der Waals surface area contributed by atoms with Crippen molar-refractivity contribution in [2.45, 2.75) is 57.1 Å². The van der Waals surface area contributed by atoms with Gasteiger partial charge in [-0.05, 0) is 39.0 Å². The second kappa shape index (κ2) is 11.8. The minimum Gasteiger partial charge on any atom is -0.466 e. The van der Waals surface area contributed by atoms with E-state index in [-0.39, 0.29) is 30.2 Å². The molecule has 0 bridgehead atoms. The number of hydrogen-bond acceptors (Lipinski definition) is 6. The largest absolute Gasteiger partial charge is 0.466 e. The van der Waals surface area contributed by atoms with Crippen LogP contribution in [0.4, 0.5) is 0 Å². The number of esters is 1. The van der Waals surface area contributed by atoms with Gasteiger partial charge in [-0.3, -0.25) is 14.4 Å². The van der Waals surface area contributed by atoms with Crippen LogP contribution in [0, 0.1) is 5.92 Å². The van der Waals surface area contributed by atoms with Gasteiger partial charge in [0.05, 0.1) is 19.1 Å². The molecular weight excluding hydrogens is 384 g/mol. The molecule has 2 heterocycles. The van der Waals surface area contributed by atoms with E-state index in [2.05, 4.69) is 0 Å². The van der Waals surface area contributed by atoms with Gasteiger partial charge in [0.2, 0.25) is 11.8 Å². The second-order valence-electron chi connectivity index (χ2n) is 7.23. The van der Waals surface area contributed by atoms with Crippen LogP contribution in [0.2, 0.25) is 0 Å². The molecule has 0 aliphatic carbocycles. The number of carbonyl (C=O) groups is 3. The maximum absolute atomic E-state index is 12.4. The van der Waals surface area contributed by atoms with Crippen LogP contribution in [0.25, 0.3) is 0 Å². The Hall–Kier alpha value is -0.890. The first kappa shape index (κ1) is 22.4. The third-order valence-corrected chi connectivity index (χ3v) is 8.17. The number of carbonyl (C=O) groups excluding carboxylic acids is 3. The minimum atomic E-state index is -0.161. The number of unbranched alkanes of at least 4 members (excludes halogenated alkanes) is 1. The van der Waals surface area contributed by atoms with Gasteiger partial charge >= 0.3 is 5.97 Å². The van der Waals surface area contributed by atoms with E-state index in [1.807, 2.05) is 21.6 Å². The SMILES string of the molecule is CCOC(=O)C1CCN(C(=O)CN(C)C(=O)CCCCC2CCSS2)CC1. The second-order valence-corrected chi connectivity index (χ2v) is 10.0. The summed E-state index contributed by atoms with van der Waals surface area (Å²) in [4.78, 5) is 39.8. The summed E-state index contributed by atoms with van der Waals surface area (Å²) in [6.07, 6.45) is 6.23. The average Bonchev–Trinajstić information content (AvgIpc) is 3.18. The highest BCUT2D eigenvalue weighted by atomic mass is 33.1. The fourth-order valence-electron chi connectivity index (χ4n) is 3.42. The summed E-state index contributed by atoms with van der Waals surface area (Å²) >= 11 is 0. The molecule has 2 fully saturated rings. The monoisotopic (exact) mass is 416 g/mol. The summed E-state index contributed by atoms with van der Waals surface area (Å²) in [7, 11) is 5.63. The van der Waals surface area contributed by atoms with Crippen LogP contribution in [-0.2, 0) is 19.1 Å². The van der Waals surface area contributed by atoms with E-state index in [1.165, 1.54) is 18.6 Å². The summed E-state index contributed by atoms with van der Waals surface area (Å²) in [6.45, 7) is 3.43. The lowest BCUT2D eigenvalue weighted by Crippen LogP contribution is -2.45. The number of likely N-dealkylation sites (N-methyl/N-ethyl adjacent to an activating group) is 1. The molecule has 154 valence electrons. The molecule has 2 rings (SSSR count). The molecule has 0 N–H and O–H groups in total. The lowest BCUT2D eigenvalue weighted by atomic mass is 9.97. The smallest absolute Gasteiger partial charge is 0.309 e. The van der Waals surface area contributed by atoms with E-state index < -0.39 is 0 Å². The third-order valence-electron chi connectivity index (χ3n) is 5.16. The molecule has 0 spiro atoms. The Labute approximate surface area is 170 Å². The molecule has 0 aromatic heterocycles. The van der Waals surface area contributed by atoms with Crippen LogP contribution in [0.15, 0.2) is 0 Å². The maximum atomic E-state index is 12.4. The Bertz CT molecular complexity index is 504. The molecule has 6 nitrogen and oxygen atoms in total. The first-order valence-corrected chi connectivity index (χ1v) is 12.4. The number of piperidine rings is 1. The predicted molar refractivity (Wildman–Crippen MR) is 110 cm³/mol. The summed E-state index contributed by atoms with van der Waals surface area (Å²) in [5.74, 6) is 0.984. The Balaban J connectivity index is 1.61. The lowest BCUT2D eigenvalue weighted by Gasteiger charge is -2.32. The lowest BCUT2D eigenvalue weighted by molar-refractivity contribution is -0.151. The zero-order valence-corrected chi connectivity index (χ0v) is 18.1. The Kier molecular flexibility index (Phi) is 9.82. The summed E-state index contributed by atoms with van der Waals surface area (Å²) < 4.78 is 5.05. The van der Waals surface area contributed by atoms with E-state index in [4.69, 9.17) is 4.74 Å². The number of hydrogen-bond donors (Lipinski definition) is 0. The summed E-state index contributed by atoms with van der Waals surface area (Å²) in [6, 6.07) is 0. The predicted octanol–water partition coefficient (Wildman–Crippen LogP) is 2.96. The zero-order valence-electron chi connectivity index (χ0n) is 16.5. The number of nitrogens with zero attached hydrogens (tertiary/aromatic N) is 2. The van der Waals surface area contributed by atoms with E-state index in [9.17, 15) is 14.4 Å². The van der Waals surface area contributed by atoms with Crippen LogP contribution in [0.3, 0.4) is 0 Å². The molecule has 0 aromatic carbocycles. The van der Waals surface area contributed by atoms with Crippen molar-refractivity contribution in [1.82, 2.24) is 9.80 Å². The van der Waals surface area contributed by atoms with Gasteiger partial charge in [-0.15, -0.1) is 0 Å². The Morgan fingerprint density at radius 1 is 1.15 bits per heavy atom. The highest BCUT2D eigenvalue weighted by molar-refractivity contribution is 8.77. The van der Waals surface area contributed by atoms with E-state index in [0.29, 0.717) is 39.0 Å². The number of ether oxygens (including phenoxy) is 1. The summed E-state index contributed by atoms with van der Waals surface area (Å²) in [5.41, 5.74) is 0. The van der Waals surface area contributed by atoms with Gasteiger partial charge in [0.25, 0.3) is 0 Å². The molecule has 0 radical (unpaired) electrons. The minimum absolute atomic E-state index is 0.0347. The molecule has 27 heavy (non-hydrogen) atoms. The molecule has 8 heteroatoms. The molecule has 2 amide bonds. The van der Waals surface area contributed by atoms with Crippen LogP contribution in [0.5, 0.6) is 0 Å². The van der Waals surface area contributed by atoms with E-state index >= 15 is 0 Å². The van der Waals surface area contributed by atoms with Crippen molar-refractivity contribution < 1.29 is 19.1 Å². The van der Waals surface area contributed by atoms with Crippen molar-refractivity contribution >= 4 is 39.4 Å². The molecule has 1 atom stereocenters. The highest BCUT2D eigenvalue weighted by Crippen LogP contribution is 2.39. The molecule has 0 aromatic rings. The molecule has 2 aliphatic rings. The van der Waals surface area contributed by atoms with Crippen molar-refractivity contribution in [3.63, 3.8) is 0 Å². The molecular formula is C19H32N2O4S2. The van der Waals surface area contributed by atoms with E-state index in [1.54, 1.807) is 23.8 Å². The van der Waals surface area contributed by atoms with Gasteiger partial charge < -0.3 is 14.5 Å². The van der Waals surface area contributed by atoms with Crippen LogP contribution in [-0.4, -0.2) is 71.9 Å². The molecule has 2 aliphatic heterocycles.